The minimum absolute atomic E-state index is 0.154. The van der Waals surface area contributed by atoms with Crippen molar-refractivity contribution in [3.63, 3.8) is 0 Å². The van der Waals surface area contributed by atoms with Gasteiger partial charge in [0.05, 0.1) is 5.54 Å². The average molecular weight is 287 g/mol. The van der Waals surface area contributed by atoms with E-state index in [0.717, 1.165) is 18.4 Å². The molecule has 1 saturated carbocycles. The zero-order valence-electron chi connectivity index (χ0n) is 10.4. The smallest absolute Gasteiger partial charge is 0.315 e. The maximum Gasteiger partial charge on any atom is 0.315 e. The number of nitrogens with one attached hydrogen (secondary N) is 2. The van der Waals surface area contributed by atoms with Gasteiger partial charge in [0.15, 0.2) is 0 Å². The summed E-state index contributed by atoms with van der Waals surface area (Å²) in [6.07, 6.45) is 2.13. The molecule has 1 fully saturated rings. The van der Waals surface area contributed by atoms with Crippen LogP contribution in [-0.4, -0.2) is 12.1 Å². The third-order valence-corrected chi connectivity index (χ3v) is 3.36. The van der Waals surface area contributed by atoms with Crippen molar-refractivity contribution in [3.8, 4) is 0 Å². The molecule has 1 aromatic rings. The number of carbonyl (C=O) groups excluding carboxylic acids is 1. The van der Waals surface area contributed by atoms with E-state index >= 15 is 0 Å². The van der Waals surface area contributed by atoms with E-state index in [9.17, 15) is 4.79 Å². The second-order valence-corrected chi connectivity index (χ2v) is 6.03. The van der Waals surface area contributed by atoms with Gasteiger partial charge in [-0.15, -0.1) is 0 Å². The molecule has 0 unspecified atom stereocenters. The summed E-state index contributed by atoms with van der Waals surface area (Å²) in [5, 5.41) is 6.95. The predicted molar refractivity (Wildman–Crippen MR) is 74.2 cm³/mol. The lowest BCUT2D eigenvalue weighted by molar-refractivity contribution is 0.229. The van der Waals surface area contributed by atoms with Gasteiger partial charge in [-0.2, -0.15) is 0 Å². The van der Waals surface area contributed by atoms with E-state index in [1.54, 1.807) is 6.07 Å². The lowest BCUT2D eigenvalue weighted by Gasteiger charge is -2.27. The van der Waals surface area contributed by atoms with Gasteiger partial charge in [-0.25, -0.2) is 4.79 Å². The molecule has 1 aliphatic rings. The number of carbonyl (C=O) groups is 1. The summed E-state index contributed by atoms with van der Waals surface area (Å²) in [6, 6.07) is 5.48. The van der Waals surface area contributed by atoms with E-state index in [2.05, 4.69) is 10.6 Å². The quantitative estimate of drug-likeness (QED) is 0.874. The molecule has 3 nitrogen and oxygen atoms in total. The highest BCUT2D eigenvalue weighted by Crippen LogP contribution is 2.27. The highest BCUT2D eigenvalue weighted by atomic mass is 35.5. The van der Waals surface area contributed by atoms with Crippen molar-refractivity contribution < 1.29 is 4.79 Å². The monoisotopic (exact) mass is 286 g/mol. The molecule has 0 spiro atoms. The van der Waals surface area contributed by atoms with Gasteiger partial charge >= 0.3 is 6.03 Å². The van der Waals surface area contributed by atoms with Crippen molar-refractivity contribution in [1.29, 1.82) is 0 Å². The zero-order valence-corrected chi connectivity index (χ0v) is 11.9. The van der Waals surface area contributed by atoms with Gasteiger partial charge in [-0.05, 0) is 50.5 Å². The van der Waals surface area contributed by atoms with Crippen LogP contribution < -0.4 is 10.6 Å². The minimum Gasteiger partial charge on any atom is -0.335 e. The standard InChI is InChI=1S/C13H16Cl2N2O/c1-13(2,17-12(18)16-11-3-4-11)8-5-9(14)7-10(15)6-8/h5-7,11H,3-4H2,1-2H3,(H2,16,17,18). The molecule has 0 heterocycles. The van der Waals surface area contributed by atoms with E-state index in [4.69, 9.17) is 23.2 Å². The maximum atomic E-state index is 11.8. The Bertz CT molecular complexity index is 450. The molecule has 0 radical (unpaired) electrons. The molecule has 98 valence electrons. The van der Waals surface area contributed by atoms with E-state index in [0.29, 0.717) is 16.1 Å². The number of benzene rings is 1. The Morgan fingerprint density at radius 1 is 1.22 bits per heavy atom. The Morgan fingerprint density at radius 2 is 1.78 bits per heavy atom. The lowest BCUT2D eigenvalue weighted by Crippen LogP contribution is -2.47. The summed E-state index contributed by atoms with van der Waals surface area (Å²) in [7, 11) is 0. The topological polar surface area (TPSA) is 41.1 Å². The van der Waals surface area contributed by atoms with Crippen LogP contribution in [0.1, 0.15) is 32.3 Å². The van der Waals surface area contributed by atoms with Crippen LogP contribution in [0.3, 0.4) is 0 Å². The van der Waals surface area contributed by atoms with Crippen LogP contribution in [0.15, 0.2) is 18.2 Å². The summed E-state index contributed by atoms with van der Waals surface area (Å²) in [5.41, 5.74) is 0.360. The fourth-order valence-corrected chi connectivity index (χ4v) is 2.25. The number of hydrogen-bond acceptors (Lipinski definition) is 1. The van der Waals surface area contributed by atoms with Gasteiger partial charge in [-0.3, -0.25) is 0 Å². The molecular formula is C13H16Cl2N2O. The van der Waals surface area contributed by atoms with Gasteiger partial charge < -0.3 is 10.6 Å². The van der Waals surface area contributed by atoms with Crippen molar-refractivity contribution >= 4 is 29.2 Å². The Hall–Kier alpha value is -0.930. The molecule has 0 atom stereocenters. The average Bonchev–Trinajstić information content (AvgIpc) is 2.98. The fraction of sp³-hybridized carbons (Fsp3) is 0.462. The van der Waals surface area contributed by atoms with Crippen molar-refractivity contribution in [2.24, 2.45) is 0 Å². The summed E-state index contributed by atoms with van der Waals surface area (Å²) in [6.45, 7) is 3.84. The number of urea groups is 1. The van der Waals surface area contributed by atoms with Crippen LogP contribution in [0.2, 0.25) is 10.0 Å². The second-order valence-electron chi connectivity index (χ2n) is 5.16. The number of amides is 2. The van der Waals surface area contributed by atoms with Gasteiger partial charge in [-0.1, -0.05) is 23.2 Å². The molecule has 2 rings (SSSR count). The summed E-state index contributed by atoms with van der Waals surface area (Å²) < 4.78 is 0. The normalized spacial score (nSPS) is 15.3. The summed E-state index contributed by atoms with van der Waals surface area (Å²) in [4.78, 5) is 11.8. The highest BCUT2D eigenvalue weighted by Gasteiger charge is 2.28. The fourth-order valence-electron chi connectivity index (χ4n) is 1.72. The van der Waals surface area contributed by atoms with E-state index < -0.39 is 5.54 Å². The van der Waals surface area contributed by atoms with Crippen molar-refractivity contribution in [3.05, 3.63) is 33.8 Å². The number of halogens is 2. The van der Waals surface area contributed by atoms with E-state index in [1.165, 1.54) is 0 Å². The summed E-state index contributed by atoms with van der Waals surface area (Å²) >= 11 is 11.9. The molecule has 5 heteroatoms. The van der Waals surface area contributed by atoms with E-state index in [-0.39, 0.29) is 6.03 Å². The van der Waals surface area contributed by atoms with Crippen LogP contribution in [0.5, 0.6) is 0 Å². The van der Waals surface area contributed by atoms with Gasteiger partial charge in [0, 0.05) is 16.1 Å². The maximum absolute atomic E-state index is 11.8. The molecule has 2 amide bonds. The van der Waals surface area contributed by atoms with Crippen molar-refractivity contribution in [1.82, 2.24) is 10.6 Å². The highest BCUT2D eigenvalue weighted by molar-refractivity contribution is 6.34. The zero-order chi connectivity index (χ0) is 13.3. The first-order valence-electron chi connectivity index (χ1n) is 5.92. The van der Waals surface area contributed by atoms with Crippen LogP contribution >= 0.6 is 23.2 Å². The Kier molecular flexibility index (Phi) is 3.74. The first-order valence-corrected chi connectivity index (χ1v) is 6.68. The molecule has 0 bridgehead atoms. The lowest BCUT2D eigenvalue weighted by atomic mass is 9.94. The predicted octanol–water partition coefficient (Wildman–Crippen LogP) is 3.69. The molecule has 0 aliphatic heterocycles. The van der Waals surface area contributed by atoms with Crippen LogP contribution in [0.4, 0.5) is 4.79 Å². The Balaban J connectivity index is 2.10. The van der Waals surface area contributed by atoms with E-state index in [1.807, 2.05) is 26.0 Å². The molecule has 18 heavy (non-hydrogen) atoms. The van der Waals surface area contributed by atoms with Crippen LogP contribution in [0.25, 0.3) is 0 Å². The molecule has 1 aliphatic carbocycles. The first kappa shape index (κ1) is 13.5. The molecule has 1 aromatic carbocycles. The van der Waals surface area contributed by atoms with Crippen LogP contribution in [-0.2, 0) is 5.54 Å². The molecule has 0 saturated heterocycles. The van der Waals surface area contributed by atoms with Gasteiger partial charge in [0.1, 0.15) is 0 Å². The second kappa shape index (κ2) is 4.98. The SMILES string of the molecule is CC(C)(NC(=O)NC1CC1)c1cc(Cl)cc(Cl)c1. The third-order valence-electron chi connectivity index (χ3n) is 2.92. The number of rotatable bonds is 3. The summed E-state index contributed by atoms with van der Waals surface area (Å²) in [5.74, 6) is 0. The third kappa shape index (κ3) is 3.53. The van der Waals surface area contributed by atoms with Crippen molar-refractivity contribution in [2.75, 3.05) is 0 Å². The molecule has 0 aromatic heterocycles. The van der Waals surface area contributed by atoms with Crippen molar-refractivity contribution in [2.45, 2.75) is 38.3 Å². The Morgan fingerprint density at radius 3 is 2.28 bits per heavy atom. The van der Waals surface area contributed by atoms with Gasteiger partial charge in [0.2, 0.25) is 0 Å². The first-order chi connectivity index (χ1) is 8.37. The largest absolute Gasteiger partial charge is 0.335 e. The minimum atomic E-state index is -0.520. The Labute approximate surface area is 117 Å². The molecular weight excluding hydrogens is 271 g/mol. The van der Waals surface area contributed by atoms with Crippen LogP contribution in [0, 0.1) is 0 Å². The van der Waals surface area contributed by atoms with Gasteiger partial charge in [0.25, 0.3) is 0 Å². The number of hydrogen-bond donors (Lipinski definition) is 2. The molecule has 2 N–H and O–H groups in total.